The Morgan fingerprint density at radius 2 is 1.64 bits per heavy atom. The summed E-state index contributed by atoms with van der Waals surface area (Å²) in [5.74, 6) is -0.494. The van der Waals surface area contributed by atoms with E-state index in [1.807, 2.05) is 0 Å². The smallest absolute Gasteiger partial charge is 0.251 e. The van der Waals surface area contributed by atoms with E-state index in [0.29, 0.717) is 11.3 Å². The van der Waals surface area contributed by atoms with Crippen LogP contribution in [0.3, 0.4) is 0 Å². The van der Waals surface area contributed by atoms with Crippen LogP contribution in [0.2, 0.25) is 0 Å². The van der Waals surface area contributed by atoms with E-state index in [2.05, 4.69) is 26.0 Å². The van der Waals surface area contributed by atoms with Crippen LogP contribution < -0.4 is 10.0 Å². The van der Waals surface area contributed by atoms with Gasteiger partial charge >= 0.3 is 0 Å². The number of hydrogen-bond donors (Lipinski definition) is 2. The zero-order valence-corrected chi connectivity index (χ0v) is 14.0. The normalized spacial score (nSPS) is 11.0. The summed E-state index contributed by atoms with van der Waals surface area (Å²) >= 11 is 3.29. The molecule has 0 atom stereocenters. The van der Waals surface area contributed by atoms with Gasteiger partial charge in [-0.25, -0.2) is 8.42 Å². The van der Waals surface area contributed by atoms with E-state index in [1.165, 1.54) is 0 Å². The van der Waals surface area contributed by atoms with E-state index in [1.54, 1.807) is 54.6 Å². The molecule has 2 aromatic rings. The number of rotatable bonds is 6. The molecule has 116 valence electrons. The third kappa shape index (κ3) is 5.16. The van der Waals surface area contributed by atoms with Crippen LogP contribution in [-0.4, -0.2) is 26.6 Å². The second-order valence-corrected chi connectivity index (χ2v) is 7.31. The lowest BCUT2D eigenvalue weighted by molar-refractivity contribution is 0.0956. The SMILES string of the molecule is O=C(NCCS(=O)(=O)Nc1ccccc1)c1ccc(Br)cc1. The molecule has 1 amide bonds. The van der Waals surface area contributed by atoms with Crippen molar-refractivity contribution in [3.63, 3.8) is 0 Å². The largest absolute Gasteiger partial charge is 0.351 e. The van der Waals surface area contributed by atoms with E-state index >= 15 is 0 Å². The highest BCUT2D eigenvalue weighted by Crippen LogP contribution is 2.10. The number of para-hydroxylation sites is 1. The molecule has 0 heterocycles. The van der Waals surface area contributed by atoms with Crippen LogP contribution in [0.1, 0.15) is 10.4 Å². The summed E-state index contributed by atoms with van der Waals surface area (Å²) in [6.07, 6.45) is 0. The number of anilines is 1. The van der Waals surface area contributed by atoms with Crippen molar-refractivity contribution >= 4 is 37.5 Å². The van der Waals surface area contributed by atoms with Crippen molar-refractivity contribution in [3.8, 4) is 0 Å². The molecule has 2 aromatic carbocycles. The highest BCUT2D eigenvalue weighted by Gasteiger charge is 2.11. The van der Waals surface area contributed by atoms with E-state index in [-0.39, 0.29) is 18.2 Å². The lowest BCUT2D eigenvalue weighted by Gasteiger charge is -2.09. The summed E-state index contributed by atoms with van der Waals surface area (Å²) in [4.78, 5) is 11.9. The number of sulfonamides is 1. The number of halogens is 1. The molecule has 0 aliphatic carbocycles. The highest BCUT2D eigenvalue weighted by atomic mass is 79.9. The highest BCUT2D eigenvalue weighted by molar-refractivity contribution is 9.10. The van der Waals surface area contributed by atoms with E-state index in [9.17, 15) is 13.2 Å². The fourth-order valence-corrected chi connectivity index (χ4v) is 2.97. The summed E-state index contributed by atoms with van der Waals surface area (Å²) in [6, 6.07) is 15.4. The monoisotopic (exact) mass is 382 g/mol. The maximum absolute atomic E-state index is 11.9. The molecule has 5 nitrogen and oxygen atoms in total. The second-order valence-electron chi connectivity index (χ2n) is 4.55. The number of carbonyl (C=O) groups excluding carboxylic acids is 1. The Labute approximate surface area is 137 Å². The first kappa shape index (κ1) is 16.5. The molecule has 0 aliphatic heterocycles. The van der Waals surface area contributed by atoms with Crippen molar-refractivity contribution < 1.29 is 13.2 Å². The van der Waals surface area contributed by atoms with Crippen molar-refractivity contribution in [3.05, 3.63) is 64.6 Å². The molecular formula is C15H15BrN2O3S. The molecular weight excluding hydrogens is 368 g/mol. The van der Waals surface area contributed by atoms with Crippen LogP contribution >= 0.6 is 15.9 Å². The third-order valence-electron chi connectivity index (χ3n) is 2.81. The zero-order valence-electron chi connectivity index (χ0n) is 11.6. The fraction of sp³-hybridized carbons (Fsp3) is 0.133. The quantitative estimate of drug-likeness (QED) is 0.805. The molecule has 0 spiro atoms. The van der Waals surface area contributed by atoms with Gasteiger partial charge in [0.2, 0.25) is 10.0 Å². The minimum absolute atomic E-state index is 0.0388. The third-order valence-corrected chi connectivity index (χ3v) is 4.63. The van der Waals surface area contributed by atoms with Crippen LogP contribution in [0, 0.1) is 0 Å². The Morgan fingerprint density at radius 1 is 1.00 bits per heavy atom. The Hall–Kier alpha value is -1.86. The van der Waals surface area contributed by atoms with Crippen molar-refractivity contribution in [2.75, 3.05) is 17.0 Å². The van der Waals surface area contributed by atoms with Crippen LogP contribution in [0.5, 0.6) is 0 Å². The van der Waals surface area contributed by atoms with Crippen LogP contribution in [0.4, 0.5) is 5.69 Å². The summed E-state index contributed by atoms with van der Waals surface area (Å²) in [6.45, 7) is 0.0388. The first-order valence-electron chi connectivity index (χ1n) is 6.55. The van der Waals surface area contributed by atoms with Gasteiger partial charge < -0.3 is 5.32 Å². The topological polar surface area (TPSA) is 75.3 Å². The molecule has 0 fully saturated rings. The summed E-state index contributed by atoms with van der Waals surface area (Å²) in [5, 5.41) is 2.59. The number of benzene rings is 2. The Balaban J connectivity index is 1.85. The summed E-state index contributed by atoms with van der Waals surface area (Å²) in [7, 11) is -3.49. The Kier molecular flexibility index (Phi) is 5.57. The number of amides is 1. The average molecular weight is 383 g/mol. The van der Waals surface area contributed by atoms with Gasteiger partial charge in [-0.2, -0.15) is 0 Å². The van der Waals surface area contributed by atoms with Crippen molar-refractivity contribution in [1.82, 2.24) is 5.32 Å². The van der Waals surface area contributed by atoms with E-state index in [0.717, 1.165) is 4.47 Å². The number of nitrogens with one attached hydrogen (secondary N) is 2. The Morgan fingerprint density at radius 3 is 2.27 bits per heavy atom. The van der Waals surface area contributed by atoms with Gasteiger partial charge in [0.1, 0.15) is 0 Å². The van der Waals surface area contributed by atoms with Gasteiger partial charge in [-0.3, -0.25) is 9.52 Å². The molecule has 0 saturated heterocycles. The molecule has 0 bridgehead atoms. The molecule has 2 rings (SSSR count). The molecule has 22 heavy (non-hydrogen) atoms. The maximum Gasteiger partial charge on any atom is 0.251 e. The summed E-state index contributed by atoms with van der Waals surface area (Å²) < 4.78 is 27.1. The van der Waals surface area contributed by atoms with Gasteiger partial charge in [0, 0.05) is 22.3 Å². The second kappa shape index (κ2) is 7.42. The predicted molar refractivity (Wildman–Crippen MR) is 90.3 cm³/mol. The first-order valence-corrected chi connectivity index (χ1v) is 9.00. The molecule has 2 N–H and O–H groups in total. The van der Waals surface area contributed by atoms with E-state index in [4.69, 9.17) is 0 Å². The van der Waals surface area contributed by atoms with Gasteiger partial charge in [0.15, 0.2) is 0 Å². The zero-order chi connectivity index (χ0) is 16.0. The van der Waals surface area contributed by atoms with Crippen LogP contribution in [-0.2, 0) is 10.0 Å². The lowest BCUT2D eigenvalue weighted by Crippen LogP contribution is -2.31. The number of hydrogen-bond acceptors (Lipinski definition) is 3. The van der Waals surface area contributed by atoms with Crippen molar-refractivity contribution in [2.45, 2.75) is 0 Å². The van der Waals surface area contributed by atoms with Crippen molar-refractivity contribution in [1.29, 1.82) is 0 Å². The van der Waals surface area contributed by atoms with Gasteiger partial charge in [0.05, 0.1) is 5.75 Å². The minimum atomic E-state index is -3.49. The van der Waals surface area contributed by atoms with Gasteiger partial charge in [-0.05, 0) is 36.4 Å². The standard InChI is InChI=1S/C15H15BrN2O3S/c16-13-8-6-12(7-9-13)15(19)17-10-11-22(20,21)18-14-4-2-1-3-5-14/h1-9,18H,10-11H2,(H,17,19). The molecule has 0 aromatic heterocycles. The average Bonchev–Trinajstić information content (AvgIpc) is 2.48. The van der Waals surface area contributed by atoms with Gasteiger partial charge in [-0.15, -0.1) is 0 Å². The summed E-state index contributed by atoms with van der Waals surface area (Å²) in [5.41, 5.74) is 0.985. The molecule has 0 saturated carbocycles. The van der Waals surface area contributed by atoms with E-state index < -0.39 is 10.0 Å². The maximum atomic E-state index is 11.9. The van der Waals surface area contributed by atoms with Gasteiger partial charge in [-0.1, -0.05) is 34.1 Å². The fourth-order valence-electron chi connectivity index (χ4n) is 1.74. The number of carbonyl (C=O) groups is 1. The molecule has 7 heteroatoms. The molecule has 0 unspecified atom stereocenters. The van der Waals surface area contributed by atoms with Crippen LogP contribution in [0.25, 0.3) is 0 Å². The molecule has 0 radical (unpaired) electrons. The van der Waals surface area contributed by atoms with Crippen molar-refractivity contribution in [2.24, 2.45) is 0 Å². The first-order chi connectivity index (χ1) is 10.5. The lowest BCUT2D eigenvalue weighted by atomic mass is 10.2. The van der Waals surface area contributed by atoms with Gasteiger partial charge in [0.25, 0.3) is 5.91 Å². The Bertz CT molecular complexity index is 731. The minimum Gasteiger partial charge on any atom is -0.351 e. The van der Waals surface area contributed by atoms with Crippen LogP contribution in [0.15, 0.2) is 59.1 Å². The predicted octanol–water partition coefficient (Wildman–Crippen LogP) is 2.62. The molecule has 0 aliphatic rings.